The molecule has 0 bridgehead atoms. The molecule has 0 saturated carbocycles. The Bertz CT molecular complexity index is 1040. The average molecular weight is 423 g/mol. The van der Waals surface area contributed by atoms with Gasteiger partial charge in [-0.3, -0.25) is 0 Å². The molecule has 1 aromatic heterocycles. The Kier molecular flexibility index (Phi) is 6.96. The number of hydrogen-bond acceptors (Lipinski definition) is 7. The van der Waals surface area contributed by atoms with Gasteiger partial charge in [-0.15, -0.1) is 10.2 Å². The standard InChI is InChI=1S/C19H18N2O3.ClHO4/c1-13-12-19(23)21(17-6-4-5-7-18(17)24-3)14(2)20(13)15-8-10-16(22)11-9-15;2-1(3,4)5/h4-12H,1-3H3;(H,2,3,4,5). The number of ether oxygens (including phenoxy) is 1. The van der Waals surface area contributed by atoms with Gasteiger partial charge in [0.05, 0.1) is 13.2 Å². The molecular formula is C19H19ClN2O7. The Morgan fingerprint density at radius 1 is 1.00 bits per heavy atom. The van der Waals surface area contributed by atoms with Gasteiger partial charge in [0.2, 0.25) is 0 Å². The van der Waals surface area contributed by atoms with Crippen LogP contribution in [0.4, 0.5) is 0 Å². The van der Waals surface area contributed by atoms with Crippen LogP contribution in [-0.2, 0) is 0 Å². The highest BCUT2D eigenvalue weighted by Crippen LogP contribution is 2.21. The lowest BCUT2D eigenvalue weighted by atomic mass is 10.2. The number of rotatable bonds is 3. The van der Waals surface area contributed by atoms with Crippen LogP contribution in [0, 0.1) is 24.1 Å². The third kappa shape index (κ3) is 5.76. The van der Waals surface area contributed by atoms with Crippen molar-refractivity contribution in [3.8, 4) is 22.9 Å². The van der Waals surface area contributed by atoms with Gasteiger partial charge < -0.3 is 9.84 Å². The van der Waals surface area contributed by atoms with E-state index in [1.807, 2.05) is 54.8 Å². The molecule has 29 heavy (non-hydrogen) atoms. The van der Waals surface area contributed by atoms with Crippen molar-refractivity contribution in [2.75, 3.05) is 7.11 Å². The minimum Gasteiger partial charge on any atom is -0.508 e. The molecule has 9 nitrogen and oxygen atoms in total. The van der Waals surface area contributed by atoms with Crippen LogP contribution in [0.1, 0.15) is 11.5 Å². The van der Waals surface area contributed by atoms with Crippen molar-refractivity contribution in [1.82, 2.24) is 4.57 Å². The van der Waals surface area contributed by atoms with Gasteiger partial charge in [0.25, 0.3) is 5.82 Å². The molecular weight excluding hydrogens is 404 g/mol. The van der Waals surface area contributed by atoms with Crippen LogP contribution in [0.5, 0.6) is 11.5 Å². The number of aromatic nitrogens is 2. The molecule has 3 aromatic rings. The van der Waals surface area contributed by atoms with Gasteiger partial charge >= 0.3 is 5.56 Å². The number of nitrogens with zero attached hydrogens (tertiary/aromatic N) is 2. The lowest BCUT2D eigenvalue weighted by Crippen LogP contribution is -2.68. The first-order valence-corrected chi connectivity index (χ1v) is 9.46. The van der Waals surface area contributed by atoms with Crippen LogP contribution in [0.2, 0.25) is 0 Å². The van der Waals surface area contributed by atoms with E-state index in [9.17, 15) is 9.90 Å². The number of benzene rings is 2. The number of phenols is 1. The topological polar surface area (TPSA) is 148 Å². The molecule has 154 valence electrons. The van der Waals surface area contributed by atoms with Gasteiger partial charge in [-0.05, 0) is 43.3 Å². The average Bonchev–Trinajstić information content (AvgIpc) is 2.62. The van der Waals surface area contributed by atoms with Crippen molar-refractivity contribution in [1.29, 1.82) is 0 Å². The SMILES string of the molecule is COc1ccccc1-n1c(C)[n+](-c2ccc(O)cc2)c(C)cc1=O.[O-][Cl+3]([O-])([O-])[O-]. The molecule has 0 unspecified atom stereocenters. The maximum Gasteiger partial charge on any atom is 0.342 e. The Labute approximate surface area is 168 Å². The normalized spacial score (nSPS) is 10.9. The number of para-hydroxylation sites is 2. The molecule has 0 fully saturated rings. The Balaban J connectivity index is 0.000000537. The summed E-state index contributed by atoms with van der Waals surface area (Å²) in [7, 11) is -3.36. The van der Waals surface area contributed by atoms with Gasteiger partial charge in [0, 0.05) is 6.92 Å². The summed E-state index contributed by atoms with van der Waals surface area (Å²) in [5.74, 6) is 1.58. The summed E-state index contributed by atoms with van der Waals surface area (Å²) in [5.41, 5.74) is 2.25. The fraction of sp³-hybridized carbons (Fsp3) is 0.158. The van der Waals surface area contributed by atoms with Crippen LogP contribution in [0.3, 0.4) is 0 Å². The van der Waals surface area contributed by atoms with Crippen LogP contribution >= 0.6 is 0 Å². The molecule has 0 amide bonds. The molecule has 3 rings (SSSR count). The van der Waals surface area contributed by atoms with Crippen molar-refractivity contribution in [3.05, 3.63) is 76.5 Å². The first kappa shape index (κ1) is 22.3. The maximum atomic E-state index is 12.6. The zero-order chi connectivity index (χ0) is 21.8. The van der Waals surface area contributed by atoms with E-state index in [2.05, 4.69) is 0 Å². The lowest BCUT2D eigenvalue weighted by molar-refractivity contribution is -2.00. The first-order valence-electron chi connectivity index (χ1n) is 8.23. The first-order chi connectivity index (χ1) is 13.5. The van der Waals surface area contributed by atoms with E-state index in [0.717, 1.165) is 17.2 Å². The Morgan fingerprint density at radius 3 is 2.10 bits per heavy atom. The predicted octanol–water partition coefficient (Wildman–Crippen LogP) is -2.31. The number of aryl methyl sites for hydroxylation is 1. The molecule has 0 aliphatic rings. The highest BCUT2D eigenvalue weighted by atomic mass is 35.7. The van der Waals surface area contributed by atoms with E-state index in [1.54, 1.807) is 29.9 Å². The summed E-state index contributed by atoms with van der Waals surface area (Å²) in [6, 6.07) is 15.9. The van der Waals surface area contributed by atoms with Crippen molar-refractivity contribution >= 4 is 0 Å². The van der Waals surface area contributed by atoms with Crippen LogP contribution in [0.25, 0.3) is 11.4 Å². The highest BCUT2D eigenvalue weighted by Gasteiger charge is 2.22. The monoisotopic (exact) mass is 422 g/mol. The van der Waals surface area contributed by atoms with E-state index >= 15 is 0 Å². The molecule has 0 saturated heterocycles. The summed E-state index contributed by atoms with van der Waals surface area (Å²) < 4.78 is 43.0. The van der Waals surface area contributed by atoms with Gasteiger partial charge in [-0.1, -0.05) is 12.1 Å². The molecule has 0 radical (unpaired) electrons. The number of aromatic hydroxyl groups is 1. The number of phenolic OH excluding ortho intramolecular Hbond substituents is 1. The Morgan fingerprint density at radius 2 is 1.55 bits per heavy atom. The van der Waals surface area contributed by atoms with Crippen molar-refractivity contribution in [3.63, 3.8) is 0 Å². The molecule has 2 aromatic carbocycles. The molecule has 1 N–H and O–H groups in total. The minimum absolute atomic E-state index is 0.121. The van der Waals surface area contributed by atoms with Gasteiger partial charge in [-0.25, -0.2) is 28.0 Å². The summed E-state index contributed by atoms with van der Waals surface area (Å²) in [4.78, 5) is 12.6. The van der Waals surface area contributed by atoms with E-state index in [1.165, 1.54) is 0 Å². The van der Waals surface area contributed by atoms with Crippen molar-refractivity contribution in [2.45, 2.75) is 13.8 Å². The third-order valence-electron chi connectivity index (χ3n) is 3.99. The van der Waals surface area contributed by atoms with Crippen LogP contribution in [0.15, 0.2) is 59.4 Å². The fourth-order valence-electron chi connectivity index (χ4n) is 2.92. The van der Waals surface area contributed by atoms with E-state index < -0.39 is 10.2 Å². The van der Waals surface area contributed by atoms with Crippen molar-refractivity contribution in [2.24, 2.45) is 0 Å². The maximum absolute atomic E-state index is 12.6. The molecule has 0 spiro atoms. The van der Waals surface area contributed by atoms with Gasteiger partial charge in [0.1, 0.15) is 17.1 Å². The molecule has 10 heteroatoms. The zero-order valence-corrected chi connectivity index (χ0v) is 16.6. The smallest absolute Gasteiger partial charge is 0.342 e. The third-order valence-corrected chi connectivity index (χ3v) is 3.99. The molecule has 1 heterocycles. The molecule has 0 atom stereocenters. The summed E-state index contributed by atoms with van der Waals surface area (Å²) >= 11 is 0. The second-order valence-corrected chi connectivity index (χ2v) is 6.66. The van der Waals surface area contributed by atoms with Gasteiger partial charge in [-0.2, -0.15) is 4.57 Å². The second-order valence-electron chi connectivity index (χ2n) is 5.91. The molecule has 0 aliphatic heterocycles. The quantitative estimate of drug-likeness (QED) is 0.466. The highest BCUT2D eigenvalue weighted by molar-refractivity contribution is 5.47. The van der Waals surface area contributed by atoms with Gasteiger partial charge in [0.15, 0.2) is 11.4 Å². The van der Waals surface area contributed by atoms with Crippen LogP contribution in [-0.4, -0.2) is 16.8 Å². The minimum atomic E-state index is -4.94. The van der Waals surface area contributed by atoms with E-state index in [0.29, 0.717) is 11.4 Å². The fourth-order valence-corrected chi connectivity index (χ4v) is 2.92. The summed E-state index contributed by atoms with van der Waals surface area (Å²) in [6.07, 6.45) is 0. The number of methoxy groups -OCH3 is 1. The predicted molar refractivity (Wildman–Crippen MR) is 91.3 cm³/mol. The number of hydrogen-bond donors (Lipinski definition) is 1. The van der Waals surface area contributed by atoms with Crippen LogP contribution < -0.4 is 33.5 Å². The van der Waals surface area contributed by atoms with E-state index in [4.69, 9.17) is 23.4 Å². The van der Waals surface area contributed by atoms with E-state index in [-0.39, 0.29) is 11.3 Å². The largest absolute Gasteiger partial charge is 0.508 e. The second kappa shape index (κ2) is 9.03. The molecule has 0 aliphatic carbocycles. The summed E-state index contributed by atoms with van der Waals surface area (Å²) in [5, 5.41) is 9.51. The van der Waals surface area contributed by atoms with Crippen molar-refractivity contribution < 1.29 is 43.3 Å². The summed E-state index contributed by atoms with van der Waals surface area (Å²) in [6.45, 7) is 3.77. The Hall–Kier alpha value is -2.95. The number of halogens is 1. The lowest BCUT2D eigenvalue weighted by Gasteiger charge is -2.17. The zero-order valence-electron chi connectivity index (χ0n) is 15.9.